The van der Waals surface area contributed by atoms with Crippen LogP contribution >= 0.6 is 59.6 Å². The van der Waals surface area contributed by atoms with Crippen molar-refractivity contribution >= 4 is 65.8 Å². The lowest BCUT2D eigenvalue weighted by Gasteiger charge is -2.05. The van der Waals surface area contributed by atoms with Gasteiger partial charge in [-0.3, -0.25) is 0 Å². The van der Waals surface area contributed by atoms with Gasteiger partial charge in [-0.2, -0.15) is 9.78 Å². The number of thioether (sulfide) groups is 1. The maximum atomic E-state index is 9.87. The fraction of sp³-hybridized carbons (Fsp3) is 0.211. The van der Waals surface area contributed by atoms with Crippen LogP contribution in [0.4, 0.5) is 0 Å². The summed E-state index contributed by atoms with van der Waals surface area (Å²) in [5.74, 6) is 1.77. The van der Waals surface area contributed by atoms with Crippen molar-refractivity contribution in [1.29, 1.82) is 0 Å². The summed E-state index contributed by atoms with van der Waals surface area (Å²) < 4.78 is 4.06. The summed E-state index contributed by atoms with van der Waals surface area (Å²) in [6.07, 6.45) is 3.49. The van der Waals surface area contributed by atoms with Crippen LogP contribution in [0.1, 0.15) is 30.3 Å². The van der Waals surface area contributed by atoms with Crippen LogP contribution in [0, 0.1) is 0 Å². The molecule has 9 heteroatoms. The van der Waals surface area contributed by atoms with E-state index in [-0.39, 0.29) is 5.75 Å². The normalized spacial score (nSPS) is 11.4. The summed E-state index contributed by atoms with van der Waals surface area (Å²) in [7, 11) is 0. The third kappa shape index (κ3) is 5.46. The molecule has 3 aromatic rings. The Morgan fingerprint density at radius 3 is 2.43 bits per heavy atom. The van der Waals surface area contributed by atoms with Crippen molar-refractivity contribution in [2.24, 2.45) is 5.10 Å². The second-order valence-electron chi connectivity index (χ2n) is 5.95. The van der Waals surface area contributed by atoms with Crippen LogP contribution in [0.3, 0.4) is 0 Å². The Morgan fingerprint density at radius 1 is 1.11 bits per heavy atom. The van der Waals surface area contributed by atoms with Gasteiger partial charge in [0.05, 0.1) is 15.2 Å². The topological polar surface area (TPSA) is 63.3 Å². The molecule has 0 atom stereocenters. The first-order valence-corrected chi connectivity index (χ1v) is 11.9. The zero-order valence-corrected chi connectivity index (χ0v) is 20.5. The number of aromatic hydroxyl groups is 1. The highest BCUT2D eigenvalue weighted by atomic mass is 79.9. The van der Waals surface area contributed by atoms with Gasteiger partial charge in [0.1, 0.15) is 5.75 Å². The zero-order valence-electron chi connectivity index (χ0n) is 14.9. The lowest BCUT2D eigenvalue weighted by Crippen LogP contribution is -2.00. The molecule has 0 spiro atoms. The van der Waals surface area contributed by atoms with Crippen molar-refractivity contribution < 1.29 is 5.11 Å². The van der Waals surface area contributed by atoms with Gasteiger partial charge in [0.25, 0.3) is 0 Å². The van der Waals surface area contributed by atoms with E-state index in [1.54, 1.807) is 22.7 Å². The summed E-state index contributed by atoms with van der Waals surface area (Å²) in [6, 6.07) is 11.8. The van der Waals surface area contributed by atoms with Crippen molar-refractivity contribution in [2.75, 3.05) is 0 Å². The van der Waals surface area contributed by atoms with E-state index in [0.29, 0.717) is 8.95 Å². The number of halogens is 3. The lowest BCUT2D eigenvalue weighted by molar-refractivity contribution is 0.468. The Kier molecular flexibility index (Phi) is 7.73. The number of aryl methyl sites for hydroxylation is 1. The summed E-state index contributed by atoms with van der Waals surface area (Å²) in [5, 5.41) is 23.9. The molecule has 0 aliphatic heterocycles. The molecule has 0 saturated heterocycles. The first-order valence-electron chi connectivity index (χ1n) is 8.51. The molecule has 0 unspecified atom stereocenters. The minimum atomic E-state index is 0.166. The van der Waals surface area contributed by atoms with Crippen molar-refractivity contribution in [2.45, 2.75) is 30.7 Å². The molecular formula is C19H17Br3N4OS. The van der Waals surface area contributed by atoms with Crippen LogP contribution in [0.5, 0.6) is 5.75 Å². The second-order valence-corrected chi connectivity index (χ2v) is 9.52. The molecule has 1 N–H and O–H groups in total. The van der Waals surface area contributed by atoms with Gasteiger partial charge in [0, 0.05) is 16.6 Å². The van der Waals surface area contributed by atoms with Crippen molar-refractivity contribution in [1.82, 2.24) is 14.9 Å². The van der Waals surface area contributed by atoms with E-state index in [2.05, 4.69) is 82.1 Å². The molecule has 0 aliphatic carbocycles. The third-order valence-electron chi connectivity index (χ3n) is 3.79. The summed E-state index contributed by atoms with van der Waals surface area (Å²) in [4.78, 5) is 0. The van der Waals surface area contributed by atoms with Crippen LogP contribution in [-0.4, -0.2) is 26.2 Å². The van der Waals surface area contributed by atoms with Gasteiger partial charge in [-0.1, -0.05) is 46.7 Å². The largest absolute Gasteiger partial charge is 0.506 e. The average Bonchev–Trinajstić information content (AvgIpc) is 3.06. The number of rotatable bonds is 7. The molecule has 0 bridgehead atoms. The van der Waals surface area contributed by atoms with Gasteiger partial charge < -0.3 is 5.11 Å². The molecule has 0 saturated carbocycles. The number of aromatic nitrogens is 3. The Labute approximate surface area is 193 Å². The molecular weight excluding hydrogens is 572 g/mol. The van der Waals surface area contributed by atoms with Crippen molar-refractivity contribution in [3.8, 4) is 5.75 Å². The molecule has 28 heavy (non-hydrogen) atoms. The fourth-order valence-corrected chi connectivity index (χ4v) is 4.74. The van der Waals surface area contributed by atoms with Crippen LogP contribution in [-0.2, 0) is 12.2 Å². The highest BCUT2D eigenvalue weighted by Crippen LogP contribution is 2.33. The Bertz CT molecular complexity index is 966. The first kappa shape index (κ1) is 21.5. The molecule has 0 radical (unpaired) electrons. The maximum Gasteiger partial charge on any atom is 0.212 e. The van der Waals surface area contributed by atoms with E-state index in [0.717, 1.165) is 39.6 Å². The molecule has 146 valence electrons. The van der Waals surface area contributed by atoms with Gasteiger partial charge in [-0.05, 0) is 73.7 Å². The molecule has 0 amide bonds. The second kappa shape index (κ2) is 10.0. The third-order valence-corrected chi connectivity index (χ3v) is 6.52. The van der Waals surface area contributed by atoms with Crippen molar-refractivity contribution in [3.05, 3.63) is 66.8 Å². The van der Waals surface area contributed by atoms with E-state index in [1.165, 1.54) is 5.56 Å². The summed E-state index contributed by atoms with van der Waals surface area (Å²) >= 11 is 11.7. The summed E-state index contributed by atoms with van der Waals surface area (Å²) in [6.45, 7) is 2.10. The number of phenols is 1. The number of hydrogen-bond donors (Lipinski definition) is 1. The summed E-state index contributed by atoms with van der Waals surface area (Å²) in [5.41, 5.74) is 2.05. The molecule has 2 aromatic carbocycles. The molecule has 3 rings (SSSR count). The molecule has 1 aromatic heterocycles. The zero-order chi connectivity index (χ0) is 20.1. The van der Waals surface area contributed by atoms with Gasteiger partial charge in [0.15, 0.2) is 5.82 Å². The predicted octanol–water partition coefficient (Wildman–Crippen LogP) is 6.40. The van der Waals surface area contributed by atoms with Crippen LogP contribution in [0.2, 0.25) is 0 Å². The van der Waals surface area contributed by atoms with E-state index >= 15 is 0 Å². The number of nitrogens with zero attached hydrogens (tertiary/aromatic N) is 4. The van der Waals surface area contributed by atoms with E-state index in [9.17, 15) is 5.11 Å². The average molecular weight is 589 g/mol. The highest BCUT2D eigenvalue weighted by Gasteiger charge is 2.12. The van der Waals surface area contributed by atoms with Crippen LogP contribution < -0.4 is 0 Å². The molecule has 1 heterocycles. The predicted molar refractivity (Wildman–Crippen MR) is 124 cm³/mol. The number of benzene rings is 2. The van der Waals surface area contributed by atoms with Gasteiger partial charge in [-0.15, -0.1) is 10.2 Å². The SMILES string of the molecule is CCCc1nnc(SCc2ccc(Br)cc2)n1/N=C/c1cc(Br)c(O)c(Br)c1. The smallest absolute Gasteiger partial charge is 0.212 e. The van der Waals surface area contributed by atoms with Crippen LogP contribution in [0.15, 0.2) is 60.1 Å². The van der Waals surface area contributed by atoms with Gasteiger partial charge in [0.2, 0.25) is 5.16 Å². The Hall–Kier alpha value is -1.16. The van der Waals surface area contributed by atoms with E-state index in [1.807, 2.05) is 24.3 Å². The number of hydrogen-bond acceptors (Lipinski definition) is 5. The van der Waals surface area contributed by atoms with Crippen molar-refractivity contribution in [3.63, 3.8) is 0 Å². The molecule has 5 nitrogen and oxygen atoms in total. The van der Waals surface area contributed by atoms with Gasteiger partial charge in [-0.25, -0.2) is 0 Å². The minimum Gasteiger partial charge on any atom is -0.506 e. The lowest BCUT2D eigenvalue weighted by atomic mass is 10.2. The number of phenolic OH excluding ortho intramolecular Hbond substituents is 1. The van der Waals surface area contributed by atoms with E-state index < -0.39 is 0 Å². The minimum absolute atomic E-state index is 0.166. The Morgan fingerprint density at radius 2 is 1.79 bits per heavy atom. The molecule has 0 aliphatic rings. The quantitative estimate of drug-likeness (QED) is 0.256. The molecule has 0 fully saturated rings. The maximum absolute atomic E-state index is 9.87. The fourth-order valence-electron chi connectivity index (χ4n) is 2.39. The Balaban J connectivity index is 1.84. The van der Waals surface area contributed by atoms with E-state index in [4.69, 9.17) is 0 Å². The monoisotopic (exact) mass is 586 g/mol. The van der Waals surface area contributed by atoms with Gasteiger partial charge >= 0.3 is 0 Å². The highest BCUT2D eigenvalue weighted by molar-refractivity contribution is 9.11. The first-order chi connectivity index (χ1) is 13.5. The van der Waals surface area contributed by atoms with Crippen LogP contribution in [0.25, 0.3) is 0 Å². The standard InChI is InChI=1S/C19H17Br3N4OS/c1-2-3-17-24-25-19(28-11-12-4-6-14(20)7-5-12)26(17)23-10-13-8-15(21)18(27)16(22)9-13/h4-10,27H,2-3,11H2,1H3/b23-10+.